The van der Waals surface area contributed by atoms with Crippen LogP contribution in [0.1, 0.15) is 11.3 Å². The van der Waals surface area contributed by atoms with Gasteiger partial charge in [0.1, 0.15) is 0 Å². The van der Waals surface area contributed by atoms with Crippen LogP contribution < -0.4 is 0 Å². The normalized spacial score (nSPS) is 10.9. The van der Waals surface area contributed by atoms with E-state index in [1.807, 2.05) is 42.7 Å². The van der Waals surface area contributed by atoms with E-state index in [0.29, 0.717) is 0 Å². The summed E-state index contributed by atoms with van der Waals surface area (Å²) in [7, 11) is 0. The van der Waals surface area contributed by atoms with E-state index in [1.165, 1.54) is 5.56 Å². The number of benzene rings is 1. The van der Waals surface area contributed by atoms with Crippen molar-refractivity contribution in [2.45, 2.75) is 6.92 Å². The summed E-state index contributed by atoms with van der Waals surface area (Å²) in [6, 6.07) is 12.0. The number of rotatable bonds is 2. The fraction of sp³-hybridized carbons (Fsp3) is 0.0833. The summed E-state index contributed by atoms with van der Waals surface area (Å²) < 4.78 is 0. The van der Waals surface area contributed by atoms with Crippen molar-refractivity contribution in [1.29, 1.82) is 0 Å². The molecule has 0 saturated heterocycles. The highest BCUT2D eigenvalue weighted by molar-refractivity contribution is 5.80. The number of hydrogen-bond acceptors (Lipinski definition) is 1. The largest absolute Gasteiger partial charge is 0.360 e. The minimum absolute atomic E-state index is 1.02. The van der Waals surface area contributed by atoms with E-state index in [2.05, 4.69) is 23.0 Å². The third-order valence-electron chi connectivity index (χ3n) is 2.08. The first-order valence-electron chi connectivity index (χ1n) is 4.59. The lowest BCUT2D eigenvalue weighted by molar-refractivity contribution is 1.36. The van der Waals surface area contributed by atoms with E-state index >= 15 is 0 Å². The topological polar surface area (TPSA) is 28.1 Å². The second kappa shape index (κ2) is 3.92. The molecule has 0 aliphatic carbocycles. The molecular weight excluding hydrogens is 172 g/mol. The van der Waals surface area contributed by atoms with Crippen LogP contribution in [0.2, 0.25) is 0 Å². The molecule has 0 unspecified atom stereocenters. The molecule has 70 valence electrons. The molecule has 2 nitrogen and oxygen atoms in total. The highest BCUT2D eigenvalue weighted by Gasteiger charge is 1.92. The van der Waals surface area contributed by atoms with Gasteiger partial charge in [-0.05, 0) is 30.7 Å². The Morgan fingerprint density at radius 3 is 2.71 bits per heavy atom. The van der Waals surface area contributed by atoms with E-state index < -0.39 is 0 Å². The molecular formula is C12H12N2. The number of para-hydroxylation sites is 1. The Labute approximate surface area is 83.3 Å². The Balaban J connectivity index is 2.23. The molecule has 0 atom stereocenters. The molecule has 14 heavy (non-hydrogen) atoms. The minimum Gasteiger partial charge on any atom is -0.360 e. The van der Waals surface area contributed by atoms with Gasteiger partial charge in [0.2, 0.25) is 0 Å². The van der Waals surface area contributed by atoms with Crippen molar-refractivity contribution in [2.75, 3.05) is 0 Å². The van der Waals surface area contributed by atoms with Gasteiger partial charge < -0.3 is 4.98 Å². The maximum atomic E-state index is 4.39. The third-order valence-corrected chi connectivity index (χ3v) is 2.08. The van der Waals surface area contributed by atoms with Gasteiger partial charge in [0.15, 0.2) is 0 Å². The Kier molecular flexibility index (Phi) is 2.45. The molecule has 0 bridgehead atoms. The molecule has 2 heteroatoms. The Hall–Kier alpha value is -1.83. The number of aliphatic imine (C=N–C) groups is 1. The Morgan fingerprint density at radius 2 is 2.00 bits per heavy atom. The number of aromatic amines is 1. The lowest BCUT2D eigenvalue weighted by Gasteiger charge is -1.96. The fourth-order valence-electron chi connectivity index (χ4n) is 1.27. The van der Waals surface area contributed by atoms with Crippen LogP contribution >= 0.6 is 0 Å². The molecule has 0 spiro atoms. The Morgan fingerprint density at radius 1 is 1.14 bits per heavy atom. The monoisotopic (exact) mass is 184 g/mol. The first-order chi connectivity index (χ1) is 6.86. The van der Waals surface area contributed by atoms with Gasteiger partial charge in [-0.15, -0.1) is 0 Å². The second-order valence-corrected chi connectivity index (χ2v) is 3.17. The molecule has 1 heterocycles. The Bertz CT molecular complexity index is 427. The maximum absolute atomic E-state index is 4.39. The summed E-state index contributed by atoms with van der Waals surface area (Å²) in [4.78, 5) is 7.47. The van der Waals surface area contributed by atoms with Gasteiger partial charge in [-0.1, -0.05) is 18.2 Å². The second-order valence-electron chi connectivity index (χ2n) is 3.17. The highest BCUT2D eigenvalue weighted by Crippen LogP contribution is 2.16. The van der Waals surface area contributed by atoms with Gasteiger partial charge in [0, 0.05) is 6.20 Å². The quantitative estimate of drug-likeness (QED) is 0.695. The van der Waals surface area contributed by atoms with Gasteiger partial charge in [0.25, 0.3) is 0 Å². The molecule has 1 N–H and O–H groups in total. The van der Waals surface area contributed by atoms with E-state index in [4.69, 9.17) is 0 Å². The van der Waals surface area contributed by atoms with Crippen LogP contribution in [0.25, 0.3) is 0 Å². The number of aromatic nitrogens is 1. The smallest absolute Gasteiger partial charge is 0.0659 e. The average Bonchev–Trinajstić information content (AvgIpc) is 2.69. The number of H-pyrrole nitrogens is 1. The standard InChI is InChI=1S/C12H12N2/c1-10-5-2-3-7-12(10)14-9-11-6-4-8-13-11/h2-9,13H,1H3/b14-9+. The lowest BCUT2D eigenvalue weighted by Crippen LogP contribution is -1.79. The van der Waals surface area contributed by atoms with Crippen molar-refractivity contribution in [1.82, 2.24) is 4.98 Å². The van der Waals surface area contributed by atoms with Crippen LogP contribution in [0.3, 0.4) is 0 Å². The van der Waals surface area contributed by atoms with Crippen molar-refractivity contribution in [2.24, 2.45) is 4.99 Å². The average molecular weight is 184 g/mol. The predicted molar refractivity (Wildman–Crippen MR) is 59.2 cm³/mol. The third kappa shape index (κ3) is 1.91. The number of hydrogen-bond donors (Lipinski definition) is 1. The van der Waals surface area contributed by atoms with Gasteiger partial charge in [-0.2, -0.15) is 0 Å². The van der Waals surface area contributed by atoms with Crippen LogP contribution in [-0.4, -0.2) is 11.2 Å². The van der Waals surface area contributed by atoms with E-state index in [0.717, 1.165) is 11.4 Å². The van der Waals surface area contributed by atoms with Gasteiger partial charge in [-0.3, -0.25) is 4.99 Å². The summed E-state index contributed by atoms with van der Waals surface area (Å²) in [5, 5.41) is 0. The number of aryl methyl sites for hydroxylation is 1. The molecule has 0 fully saturated rings. The lowest BCUT2D eigenvalue weighted by atomic mass is 10.2. The molecule has 0 aliphatic rings. The zero-order chi connectivity index (χ0) is 9.80. The zero-order valence-electron chi connectivity index (χ0n) is 8.07. The van der Waals surface area contributed by atoms with E-state index in [1.54, 1.807) is 0 Å². The van der Waals surface area contributed by atoms with Crippen LogP contribution in [0, 0.1) is 6.92 Å². The maximum Gasteiger partial charge on any atom is 0.0659 e. The fourth-order valence-corrected chi connectivity index (χ4v) is 1.27. The molecule has 1 aromatic heterocycles. The van der Waals surface area contributed by atoms with Crippen molar-refractivity contribution in [3.63, 3.8) is 0 Å². The van der Waals surface area contributed by atoms with E-state index in [-0.39, 0.29) is 0 Å². The van der Waals surface area contributed by atoms with Gasteiger partial charge in [0.05, 0.1) is 17.6 Å². The summed E-state index contributed by atoms with van der Waals surface area (Å²) in [5.41, 5.74) is 3.23. The first kappa shape index (κ1) is 8.75. The predicted octanol–water partition coefficient (Wildman–Crippen LogP) is 3.07. The SMILES string of the molecule is Cc1ccccc1/N=C/c1ccc[nH]1. The molecule has 0 aliphatic heterocycles. The van der Waals surface area contributed by atoms with Crippen molar-refractivity contribution in [3.8, 4) is 0 Å². The van der Waals surface area contributed by atoms with Crippen molar-refractivity contribution in [3.05, 3.63) is 53.9 Å². The molecule has 0 amide bonds. The van der Waals surface area contributed by atoms with Crippen molar-refractivity contribution < 1.29 is 0 Å². The van der Waals surface area contributed by atoms with Crippen LogP contribution in [0.4, 0.5) is 5.69 Å². The van der Waals surface area contributed by atoms with E-state index in [9.17, 15) is 0 Å². The summed E-state index contributed by atoms with van der Waals surface area (Å²) in [6.07, 6.45) is 3.72. The number of nitrogens with one attached hydrogen (secondary N) is 1. The molecule has 0 saturated carbocycles. The molecule has 1 aromatic carbocycles. The van der Waals surface area contributed by atoms with Gasteiger partial charge >= 0.3 is 0 Å². The minimum atomic E-state index is 1.02. The summed E-state index contributed by atoms with van der Waals surface area (Å²) in [6.45, 7) is 2.06. The van der Waals surface area contributed by atoms with Crippen LogP contribution in [0.5, 0.6) is 0 Å². The van der Waals surface area contributed by atoms with Crippen molar-refractivity contribution >= 4 is 11.9 Å². The summed E-state index contributed by atoms with van der Waals surface area (Å²) >= 11 is 0. The molecule has 0 radical (unpaired) electrons. The van der Waals surface area contributed by atoms with Crippen LogP contribution in [-0.2, 0) is 0 Å². The molecule has 2 rings (SSSR count). The van der Waals surface area contributed by atoms with Crippen LogP contribution in [0.15, 0.2) is 47.6 Å². The molecule has 2 aromatic rings. The zero-order valence-corrected chi connectivity index (χ0v) is 8.07. The summed E-state index contributed by atoms with van der Waals surface area (Å²) in [5.74, 6) is 0. The number of nitrogens with zero attached hydrogens (tertiary/aromatic N) is 1. The van der Waals surface area contributed by atoms with Gasteiger partial charge in [-0.25, -0.2) is 0 Å². The highest BCUT2D eigenvalue weighted by atomic mass is 14.8. The first-order valence-corrected chi connectivity index (χ1v) is 4.59.